The van der Waals surface area contributed by atoms with Crippen LogP contribution in [0.2, 0.25) is 0 Å². The third-order valence-electron chi connectivity index (χ3n) is 7.16. The lowest BCUT2D eigenvalue weighted by Crippen LogP contribution is -2.70. The number of aromatic hydroxyl groups is 1. The van der Waals surface area contributed by atoms with Gasteiger partial charge in [-0.2, -0.15) is 0 Å². The van der Waals surface area contributed by atoms with Gasteiger partial charge in [-0.1, -0.05) is 19.9 Å². The van der Waals surface area contributed by atoms with E-state index in [1.54, 1.807) is 0 Å². The minimum atomic E-state index is 0.113. The standard InChI is InChI=1S/C18H23NO2/c1-10-5-6-17(2)13-9-11-3-4-12(20)15-14(11)18(17,7-8-19-13)16(10)21-15/h3-4,10,13,16,19-20H,5-9H2,1-2H3. The van der Waals surface area contributed by atoms with Crippen molar-refractivity contribution < 1.29 is 9.84 Å². The van der Waals surface area contributed by atoms with E-state index >= 15 is 0 Å². The first-order chi connectivity index (χ1) is 10.1. The number of phenolic OH excluding ortho intramolecular Hbond substituents is 1. The maximum atomic E-state index is 10.3. The minimum absolute atomic E-state index is 0.113. The van der Waals surface area contributed by atoms with Crippen molar-refractivity contribution in [3.05, 3.63) is 23.3 Å². The summed E-state index contributed by atoms with van der Waals surface area (Å²) in [7, 11) is 0. The van der Waals surface area contributed by atoms with Gasteiger partial charge in [-0.15, -0.1) is 0 Å². The zero-order chi connectivity index (χ0) is 14.4. The first kappa shape index (κ1) is 12.3. The van der Waals surface area contributed by atoms with Gasteiger partial charge in [0.25, 0.3) is 0 Å². The van der Waals surface area contributed by atoms with Gasteiger partial charge >= 0.3 is 0 Å². The van der Waals surface area contributed by atoms with Crippen molar-refractivity contribution in [1.29, 1.82) is 0 Å². The van der Waals surface area contributed by atoms with Gasteiger partial charge in [-0.3, -0.25) is 0 Å². The Bertz CT molecular complexity index is 642. The number of rotatable bonds is 0. The molecule has 0 radical (unpaired) electrons. The van der Waals surface area contributed by atoms with Crippen molar-refractivity contribution >= 4 is 0 Å². The number of benzene rings is 1. The van der Waals surface area contributed by atoms with Crippen molar-refractivity contribution in [2.45, 2.75) is 57.1 Å². The van der Waals surface area contributed by atoms with Crippen molar-refractivity contribution in [2.75, 3.05) is 6.54 Å². The normalized spacial score (nSPS) is 45.9. The predicted molar refractivity (Wildman–Crippen MR) is 80.8 cm³/mol. The molecule has 112 valence electrons. The Kier molecular flexibility index (Phi) is 2.10. The van der Waals surface area contributed by atoms with Crippen LogP contribution in [-0.2, 0) is 11.8 Å². The topological polar surface area (TPSA) is 41.5 Å². The lowest BCUT2D eigenvalue weighted by molar-refractivity contribution is -0.0880. The molecule has 0 aromatic heterocycles. The summed E-state index contributed by atoms with van der Waals surface area (Å²) in [5.74, 6) is 1.71. The Morgan fingerprint density at radius 3 is 3.05 bits per heavy atom. The summed E-state index contributed by atoms with van der Waals surface area (Å²) in [6, 6.07) is 4.50. The zero-order valence-electron chi connectivity index (χ0n) is 12.8. The molecule has 3 nitrogen and oxygen atoms in total. The van der Waals surface area contributed by atoms with Gasteiger partial charge in [0.1, 0.15) is 6.10 Å². The summed E-state index contributed by atoms with van der Waals surface area (Å²) in [4.78, 5) is 0. The highest BCUT2D eigenvalue weighted by Gasteiger charge is 2.69. The largest absolute Gasteiger partial charge is 0.504 e. The number of ether oxygens (including phenoxy) is 1. The minimum Gasteiger partial charge on any atom is -0.504 e. The molecule has 2 fully saturated rings. The molecular formula is C18H23NO2. The molecule has 2 bridgehead atoms. The third kappa shape index (κ3) is 1.15. The van der Waals surface area contributed by atoms with Crippen LogP contribution < -0.4 is 10.1 Å². The molecule has 2 aliphatic carbocycles. The Morgan fingerprint density at radius 2 is 2.19 bits per heavy atom. The van der Waals surface area contributed by atoms with E-state index in [-0.39, 0.29) is 16.9 Å². The van der Waals surface area contributed by atoms with Crippen molar-refractivity contribution in [3.8, 4) is 11.5 Å². The van der Waals surface area contributed by atoms with Crippen LogP contribution >= 0.6 is 0 Å². The van der Waals surface area contributed by atoms with Crippen LogP contribution in [0.3, 0.4) is 0 Å². The van der Waals surface area contributed by atoms with E-state index in [1.165, 1.54) is 24.0 Å². The van der Waals surface area contributed by atoms with Crippen molar-refractivity contribution in [2.24, 2.45) is 11.3 Å². The van der Waals surface area contributed by atoms with E-state index in [9.17, 15) is 5.11 Å². The highest BCUT2D eigenvalue weighted by Crippen LogP contribution is 2.68. The molecule has 4 aliphatic rings. The lowest BCUT2D eigenvalue weighted by Gasteiger charge is -2.63. The average molecular weight is 285 g/mol. The van der Waals surface area contributed by atoms with Gasteiger partial charge in [0.2, 0.25) is 0 Å². The molecule has 1 saturated carbocycles. The second kappa shape index (κ2) is 3.57. The van der Waals surface area contributed by atoms with E-state index < -0.39 is 0 Å². The number of piperidine rings is 1. The summed E-state index contributed by atoms with van der Waals surface area (Å²) in [6.07, 6.45) is 4.94. The second-order valence-corrected chi connectivity index (χ2v) is 7.85. The van der Waals surface area contributed by atoms with Gasteiger partial charge in [0, 0.05) is 17.0 Å². The summed E-state index contributed by atoms with van der Waals surface area (Å²) in [6.45, 7) is 5.86. The molecule has 1 aromatic rings. The number of hydrogen-bond acceptors (Lipinski definition) is 3. The van der Waals surface area contributed by atoms with Crippen LogP contribution in [0.25, 0.3) is 0 Å². The van der Waals surface area contributed by atoms with E-state index in [0.29, 0.717) is 17.7 Å². The fourth-order valence-electron chi connectivity index (χ4n) is 6.10. The van der Waals surface area contributed by atoms with Gasteiger partial charge in [-0.05, 0) is 55.2 Å². The van der Waals surface area contributed by atoms with Gasteiger partial charge < -0.3 is 15.2 Å². The molecule has 1 saturated heterocycles. The third-order valence-corrected chi connectivity index (χ3v) is 7.16. The number of nitrogens with one attached hydrogen (secondary N) is 1. The SMILES string of the molecule is CC1CCC2(C)C3Cc4ccc(O)c5c4C2(CCN3)C1O5. The van der Waals surface area contributed by atoms with Gasteiger partial charge in [-0.25, -0.2) is 0 Å². The molecule has 0 amide bonds. The number of phenols is 1. The molecular weight excluding hydrogens is 262 g/mol. The molecule has 5 atom stereocenters. The van der Waals surface area contributed by atoms with Gasteiger partial charge in [0.05, 0.1) is 0 Å². The Balaban J connectivity index is 1.87. The first-order valence-electron chi connectivity index (χ1n) is 8.33. The number of hydrogen-bond donors (Lipinski definition) is 2. The van der Waals surface area contributed by atoms with E-state index in [4.69, 9.17) is 4.74 Å². The van der Waals surface area contributed by atoms with Crippen LogP contribution in [-0.4, -0.2) is 23.8 Å². The monoisotopic (exact) mass is 285 g/mol. The quantitative estimate of drug-likeness (QED) is 0.770. The Hall–Kier alpha value is -1.22. The van der Waals surface area contributed by atoms with Crippen molar-refractivity contribution in [1.82, 2.24) is 5.32 Å². The van der Waals surface area contributed by atoms with Crippen LogP contribution in [0.15, 0.2) is 12.1 Å². The summed E-state index contributed by atoms with van der Waals surface area (Å²) in [5, 5.41) is 14.1. The zero-order valence-corrected chi connectivity index (χ0v) is 12.8. The highest BCUT2D eigenvalue weighted by atomic mass is 16.5. The maximum absolute atomic E-state index is 10.3. The molecule has 1 spiro atoms. The van der Waals surface area contributed by atoms with Crippen LogP contribution in [0, 0.1) is 11.3 Å². The maximum Gasteiger partial charge on any atom is 0.165 e. The molecule has 2 N–H and O–H groups in total. The Morgan fingerprint density at radius 1 is 1.33 bits per heavy atom. The lowest BCUT2D eigenvalue weighted by atomic mass is 9.43. The summed E-state index contributed by atoms with van der Waals surface area (Å²) in [5.41, 5.74) is 3.13. The summed E-state index contributed by atoms with van der Waals surface area (Å²) < 4.78 is 6.41. The molecule has 5 rings (SSSR count). The molecule has 21 heavy (non-hydrogen) atoms. The molecule has 5 unspecified atom stereocenters. The van der Waals surface area contributed by atoms with Crippen molar-refractivity contribution in [3.63, 3.8) is 0 Å². The van der Waals surface area contributed by atoms with E-state index in [0.717, 1.165) is 25.1 Å². The van der Waals surface area contributed by atoms with E-state index in [2.05, 4.69) is 25.2 Å². The summed E-state index contributed by atoms with van der Waals surface area (Å²) >= 11 is 0. The fourth-order valence-corrected chi connectivity index (χ4v) is 6.10. The first-order valence-corrected chi connectivity index (χ1v) is 8.33. The molecule has 1 aromatic carbocycles. The van der Waals surface area contributed by atoms with Crippen LogP contribution in [0.1, 0.15) is 44.2 Å². The molecule has 2 heterocycles. The average Bonchev–Trinajstić information content (AvgIpc) is 2.80. The van der Waals surface area contributed by atoms with Crippen LogP contribution in [0.5, 0.6) is 11.5 Å². The van der Waals surface area contributed by atoms with Crippen LogP contribution in [0.4, 0.5) is 0 Å². The highest BCUT2D eigenvalue weighted by molar-refractivity contribution is 5.61. The molecule has 2 aliphatic heterocycles. The molecule has 3 heteroatoms. The second-order valence-electron chi connectivity index (χ2n) is 7.85. The van der Waals surface area contributed by atoms with Gasteiger partial charge in [0.15, 0.2) is 11.5 Å². The fraction of sp³-hybridized carbons (Fsp3) is 0.667. The predicted octanol–water partition coefficient (Wildman–Crippen LogP) is 2.75. The van der Waals surface area contributed by atoms with E-state index in [1.807, 2.05) is 6.07 Å². The smallest absolute Gasteiger partial charge is 0.165 e. The Labute approximate surface area is 125 Å².